The maximum Gasteiger partial charge on any atom is 0.243 e. The van der Waals surface area contributed by atoms with E-state index in [4.69, 9.17) is 11.6 Å². The predicted octanol–water partition coefficient (Wildman–Crippen LogP) is 2.71. The molecule has 3 rings (SSSR count). The molecule has 1 aliphatic heterocycles. The zero-order chi connectivity index (χ0) is 20.3. The van der Waals surface area contributed by atoms with Crippen molar-refractivity contribution < 1.29 is 18.0 Å². The summed E-state index contributed by atoms with van der Waals surface area (Å²) in [5.74, 6) is -0.0206. The third kappa shape index (κ3) is 4.67. The lowest BCUT2D eigenvalue weighted by Crippen LogP contribution is -2.52. The van der Waals surface area contributed by atoms with E-state index in [1.807, 2.05) is 0 Å². The number of benzene rings is 1. The van der Waals surface area contributed by atoms with Crippen molar-refractivity contribution in [3.8, 4) is 0 Å². The van der Waals surface area contributed by atoms with Gasteiger partial charge in [0.25, 0.3) is 0 Å². The summed E-state index contributed by atoms with van der Waals surface area (Å²) in [4.78, 5) is 25.7. The van der Waals surface area contributed by atoms with Crippen LogP contribution in [0.1, 0.15) is 39.0 Å². The first-order valence-corrected chi connectivity index (χ1v) is 11.5. The number of rotatable bonds is 4. The Hall–Kier alpha value is -1.64. The van der Waals surface area contributed by atoms with Crippen LogP contribution in [0.25, 0.3) is 0 Å². The van der Waals surface area contributed by atoms with Crippen LogP contribution in [0, 0.1) is 5.92 Å². The molecule has 0 spiro atoms. The Morgan fingerprint density at radius 1 is 1.07 bits per heavy atom. The Bertz CT molecular complexity index is 845. The second-order valence-electron chi connectivity index (χ2n) is 7.39. The van der Waals surface area contributed by atoms with Crippen molar-refractivity contribution in [1.29, 1.82) is 0 Å². The molecule has 2 fully saturated rings. The molecular formula is C19H26ClN3O4S. The number of amides is 2. The fraction of sp³-hybridized carbons (Fsp3) is 0.579. The van der Waals surface area contributed by atoms with Crippen molar-refractivity contribution in [3.63, 3.8) is 0 Å². The molecule has 9 heteroatoms. The van der Waals surface area contributed by atoms with Crippen LogP contribution >= 0.6 is 11.6 Å². The SMILES string of the molecule is CC(=O)Nc1ccc(S(=O)(=O)N2CCN(C(=O)C3CCCCC3)CC2)cc1Cl. The highest BCUT2D eigenvalue weighted by Gasteiger charge is 2.33. The average Bonchev–Trinajstić information content (AvgIpc) is 2.69. The van der Waals surface area contributed by atoms with E-state index in [1.165, 1.54) is 35.8 Å². The quantitative estimate of drug-likeness (QED) is 0.800. The lowest BCUT2D eigenvalue weighted by atomic mass is 9.88. The second kappa shape index (κ2) is 8.80. The first kappa shape index (κ1) is 21.1. The minimum Gasteiger partial charge on any atom is -0.340 e. The Balaban J connectivity index is 1.65. The van der Waals surface area contributed by atoms with Gasteiger partial charge in [-0.25, -0.2) is 8.42 Å². The molecule has 1 heterocycles. The van der Waals surface area contributed by atoms with Gasteiger partial charge in [-0.15, -0.1) is 0 Å². The molecule has 1 saturated heterocycles. The minimum atomic E-state index is -3.71. The number of nitrogens with one attached hydrogen (secondary N) is 1. The lowest BCUT2D eigenvalue weighted by molar-refractivity contribution is -0.137. The number of sulfonamides is 1. The van der Waals surface area contributed by atoms with E-state index in [9.17, 15) is 18.0 Å². The number of anilines is 1. The van der Waals surface area contributed by atoms with Gasteiger partial charge in [-0.2, -0.15) is 4.31 Å². The van der Waals surface area contributed by atoms with Crippen LogP contribution in [0.4, 0.5) is 5.69 Å². The van der Waals surface area contributed by atoms with Gasteiger partial charge in [0.1, 0.15) is 0 Å². The first-order chi connectivity index (χ1) is 13.3. The first-order valence-electron chi connectivity index (χ1n) is 9.65. The Morgan fingerprint density at radius 3 is 2.29 bits per heavy atom. The maximum absolute atomic E-state index is 12.9. The molecule has 0 radical (unpaired) electrons. The molecule has 0 atom stereocenters. The van der Waals surface area contributed by atoms with E-state index in [-0.39, 0.29) is 40.7 Å². The van der Waals surface area contributed by atoms with Crippen LogP contribution in [0.15, 0.2) is 23.1 Å². The summed E-state index contributed by atoms with van der Waals surface area (Å²) in [6.45, 7) is 2.71. The van der Waals surface area contributed by atoms with Gasteiger partial charge in [0.05, 0.1) is 15.6 Å². The number of nitrogens with zero attached hydrogens (tertiary/aromatic N) is 2. The number of carbonyl (C=O) groups is 2. The van der Waals surface area contributed by atoms with Gasteiger partial charge in [-0.05, 0) is 31.0 Å². The summed E-state index contributed by atoms with van der Waals surface area (Å²) in [5.41, 5.74) is 0.371. The fourth-order valence-electron chi connectivity index (χ4n) is 3.85. The number of carbonyl (C=O) groups excluding carboxylic acids is 2. The van der Waals surface area contributed by atoms with Crippen molar-refractivity contribution in [2.24, 2.45) is 5.92 Å². The maximum atomic E-state index is 12.9. The number of piperazine rings is 1. The molecule has 28 heavy (non-hydrogen) atoms. The minimum absolute atomic E-state index is 0.0821. The highest BCUT2D eigenvalue weighted by molar-refractivity contribution is 7.89. The molecule has 1 aromatic carbocycles. The largest absolute Gasteiger partial charge is 0.340 e. The third-order valence-corrected chi connectivity index (χ3v) is 7.60. The van der Waals surface area contributed by atoms with E-state index >= 15 is 0 Å². The van der Waals surface area contributed by atoms with Gasteiger partial charge in [-0.3, -0.25) is 9.59 Å². The Kier molecular flexibility index (Phi) is 6.62. The van der Waals surface area contributed by atoms with Gasteiger partial charge >= 0.3 is 0 Å². The molecule has 1 aromatic rings. The molecule has 0 bridgehead atoms. The molecule has 1 saturated carbocycles. The van der Waals surface area contributed by atoms with Crippen LogP contribution in [-0.2, 0) is 19.6 Å². The summed E-state index contributed by atoms with van der Waals surface area (Å²) >= 11 is 6.12. The summed E-state index contributed by atoms with van der Waals surface area (Å²) in [6.07, 6.45) is 5.27. The summed E-state index contributed by atoms with van der Waals surface area (Å²) in [7, 11) is -3.71. The fourth-order valence-corrected chi connectivity index (χ4v) is 5.59. The number of hydrogen-bond donors (Lipinski definition) is 1. The van der Waals surface area contributed by atoms with E-state index in [1.54, 1.807) is 4.90 Å². The monoisotopic (exact) mass is 427 g/mol. The van der Waals surface area contributed by atoms with Crippen LogP contribution in [0.3, 0.4) is 0 Å². The predicted molar refractivity (Wildman–Crippen MR) is 108 cm³/mol. The van der Waals surface area contributed by atoms with E-state index < -0.39 is 10.0 Å². The van der Waals surface area contributed by atoms with Crippen LogP contribution < -0.4 is 5.32 Å². The Labute approximate surface area is 171 Å². The van der Waals surface area contributed by atoms with Gasteiger partial charge in [0.2, 0.25) is 21.8 Å². The summed E-state index contributed by atoms with van der Waals surface area (Å²) < 4.78 is 27.2. The highest BCUT2D eigenvalue weighted by atomic mass is 35.5. The average molecular weight is 428 g/mol. The molecule has 7 nitrogen and oxygen atoms in total. The number of hydrogen-bond acceptors (Lipinski definition) is 4. The molecule has 2 amide bonds. The van der Waals surface area contributed by atoms with Gasteiger partial charge in [0, 0.05) is 39.0 Å². The number of halogens is 1. The highest BCUT2D eigenvalue weighted by Crippen LogP contribution is 2.29. The smallest absolute Gasteiger partial charge is 0.243 e. The molecule has 0 aromatic heterocycles. The van der Waals surface area contributed by atoms with Crippen LogP contribution in [0.5, 0.6) is 0 Å². The molecule has 1 N–H and O–H groups in total. The van der Waals surface area contributed by atoms with Crippen LogP contribution in [0.2, 0.25) is 5.02 Å². The molecule has 0 unspecified atom stereocenters. The van der Waals surface area contributed by atoms with E-state index in [2.05, 4.69) is 5.32 Å². The normalized spacial score (nSPS) is 19.4. The van der Waals surface area contributed by atoms with Crippen molar-refractivity contribution in [2.45, 2.75) is 43.9 Å². The standard InChI is InChI=1S/C19H26ClN3O4S/c1-14(24)21-18-8-7-16(13-17(18)20)28(26,27)23-11-9-22(10-12-23)19(25)15-5-3-2-4-6-15/h7-8,13,15H,2-6,9-12H2,1H3,(H,21,24). The van der Waals surface area contributed by atoms with Crippen molar-refractivity contribution in [3.05, 3.63) is 23.2 Å². The second-order valence-corrected chi connectivity index (χ2v) is 9.73. The Morgan fingerprint density at radius 2 is 1.71 bits per heavy atom. The lowest BCUT2D eigenvalue weighted by Gasteiger charge is -2.36. The molecule has 1 aliphatic carbocycles. The molecule has 154 valence electrons. The van der Waals surface area contributed by atoms with Crippen molar-refractivity contribution in [1.82, 2.24) is 9.21 Å². The third-order valence-electron chi connectivity index (χ3n) is 5.39. The van der Waals surface area contributed by atoms with E-state index in [0.717, 1.165) is 25.7 Å². The van der Waals surface area contributed by atoms with E-state index in [0.29, 0.717) is 18.8 Å². The van der Waals surface area contributed by atoms with Crippen molar-refractivity contribution >= 4 is 39.1 Å². The zero-order valence-corrected chi connectivity index (χ0v) is 17.6. The topological polar surface area (TPSA) is 86.8 Å². The molecule has 2 aliphatic rings. The van der Waals surface area contributed by atoms with Gasteiger partial charge in [0.15, 0.2) is 0 Å². The van der Waals surface area contributed by atoms with Crippen LogP contribution in [-0.4, -0.2) is 55.6 Å². The van der Waals surface area contributed by atoms with Crippen molar-refractivity contribution in [2.75, 3.05) is 31.5 Å². The summed E-state index contributed by atoms with van der Waals surface area (Å²) in [5, 5.41) is 2.73. The van der Waals surface area contributed by atoms with Gasteiger partial charge in [-0.1, -0.05) is 30.9 Å². The van der Waals surface area contributed by atoms with Gasteiger partial charge < -0.3 is 10.2 Å². The summed E-state index contributed by atoms with van der Waals surface area (Å²) in [6, 6.07) is 4.27. The zero-order valence-electron chi connectivity index (χ0n) is 16.0. The molecular weight excluding hydrogens is 402 g/mol.